The Hall–Kier alpha value is -2.86. The summed E-state index contributed by atoms with van der Waals surface area (Å²) in [5.74, 6) is 1.93. The van der Waals surface area contributed by atoms with Crippen molar-refractivity contribution in [1.29, 1.82) is 0 Å². The largest absolute Gasteiger partial charge is 0.497 e. The van der Waals surface area contributed by atoms with Crippen LogP contribution in [-0.2, 0) is 6.54 Å². The van der Waals surface area contributed by atoms with E-state index in [0.29, 0.717) is 0 Å². The molecule has 0 bridgehead atoms. The van der Waals surface area contributed by atoms with E-state index in [2.05, 4.69) is 49.5 Å². The molecule has 6 heteroatoms. The lowest BCUT2D eigenvalue weighted by Gasteiger charge is -2.25. The first-order valence-corrected chi connectivity index (χ1v) is 9.79. The molecule has 3 aromatic rings. The van der Waals surface area contributed by atoms with E-state index in [0.717, 1.165) is 56.4 Å². The number of hydrogen-bond acceptors (Lipinski definition) is 5. The lowest BCUT2D eigenvalue weighted by molar-refractivity contribution is 0.277. The number of aryl methyl sites for hydroxylation is 1. The van der Waals surface area contributed by atoms with Crippen LogP contribution in [0.4, 0.5) is 5.69 Å². The molecular formula is C22H27N5O. The van der Waals surface area contributed by atoms with Crippen LogP contribution in [0.3, 0.4) is 0 Å². The minimum absolute atomic E-state index is 0.849. The lowest BCUT2D eigenvalue weighted by Crippen LogP contribution is -2.31. The van der Waals surface area contributed by atoms with Crippen LogP contribution in [0.5, 0.6) is 5.75 Å². The van der Waals surface area contributed by atoms with Gasteiger partial charge in [0.1, 0.15) is 11.6 Å². The normalized spacial score (nSPS) is 15.4. The number of rotatable bonds is 5. The summed E-state index contributed by atoms with van der Waals surface area (Å²) in [5.41, 5.74) is 3.65. The molecule has 1 aliphatic rings. The van der Waals surface area contributed by atoms with Crippen LogP contribution in [-0.4, -0.2) is 52.7 Å². The van der Waals surface area contributed by atoms with Crippen molar-refractivity contribution < 1.29 is 4.74 Å². The molecule has 3 heterocycles. The van der Waals surface area contributed by atoms with Crippen LogP contribution < -0.4 is 9.64 Å². The van der Waals surface area contributed by atoms with E-state index in [4.69, 9.17) is 4.74 Å². The fraction of sp³-hybridized carbons (Fsp3) is 0.364. The average molecular weight is 377 g/mol. The number of pyridine rings is 1. The summed E-state index contributed by atoms with van der Waals surface area (Å²) in [6.45, 7) is 7.19. The van der Waals surface area contributed by atoms with Crippen molar-refractivity contribution in [3.63, 3.8) is 0 Å². The second-order valence-electron chi connectivity index (χ2n) is 7.19. The molecule has 4 rings (SSSR count). The van der Waals surface area contributed by atoms with Gasteiger partial charge in [0.15, 0.2) is 0 Å². The molecule has 1 saturated heterocycles. The second kappa shape index (κ2) is 8.44. The molecular weight excluding hydrogens is 350 g/mol. The Labute approximate surface area is 166 Å². The quantitative estimate of drug-likeness (QED) is 0.683. The fourth-order valence-corrected chi connectivity index (χ4v) is 3.82. The third-order valence-corrected chi connectivity index (χ3v) is 5.35. The SMILES string of the molecule is COc1ccc(-n2ccnc2CN2CCCN(c3ccncc3C)CC2)cc1. The molecule has 0 saturated carbocycles. The van der Waals surface area contributed by atoms with E-state index in [9.17, 15) is 0 Å². The third kappa shape index (κ3) is 4.02. The number of nitrogens with zero attached hydrogens (tertiary/aromatic N) is 5. The highest BCUT2D eigenvalue weighted by Gasteiger charge is 2.18. The van der Waals surface area contributed by atoms with Crippen molar-refractivity contribution in [2.45, 2.75) is 19.9 Å². The van der Waals surface area contributed by atoms with Crippen molar-refractivity contribution in [3.8, 4) is 11.4 Å². The van der Waals surface area contributed by atoms with E-state index >= 15 is 0 Å². The zero-order chi connectivity index (χ0) is 19.3. The molecule has 0 amide bonds. The van der Waals surface area contributed by atoms with Gasteiger partial charge in [-0.15, -0.1) is 0 Å². The van der Waals surface area contributed by atoms with Gasteiger partial charge in [0, 0.05) is 62.3 Å². The number of ether oxygens (including phenoxy) is 1. The Bertz CT molecular complexity index is 905. The average Bonchev–Trinajstić information content (AvgIpc) is 3.06. The van der Waals surface area contributed by atoms with Gasteiger partial charge < -0.3 is 14.2 Å². The molecule has 28 heavy (non-hydrogen) atoms. The van der Waals surface area contributed by atoms with Crippen LogP contribution in [0.15, 0.2) is 55.1 Å². The monoisotopic (exact) mass is 377 g/mol. The summed E-state index contributed by atoms with van der Waals surface area (Å²) in [4.78, 5) is 13.8. The van der Waals surface area contributed by atoms with Crippen molar-refractivity contribution >= 4 is 5.69 Å². The summed E-state index contributed by atoms with van der Waals surface area (Å²) < 4.78 is 7.43. The predicted molar refractivity (Wildman–Crippen MR) is 111 cm³/mol. The maximum Gasteiger partial charge on any atom is 0.127 e. The molecule has 0 spiro atoms. The molecule has 0 atom stereocenters. The van der Waals surface area contributed by atoms with Crippen LogP contribution in [0.1, 0.15) is 17.8 Å². The molecule has 146 valence electrons. The molecule has 6 nitrogen and oxygen atoms in total. The lowest BCUT2D eigenvalue weighted by atomic mass is 10.2. The van der Waals surface area contributed by atoms with Gasteiger partial charge in [0.25, 0.3) is 0 Å². The minimum atomic E-state index is 0.849. The van der Waals surface area contributed by atoms with Gasteiger partial charge >= 0.3 is 0 Å². The molecule has 2 aromatic heterocycles. The van der Waals surface area contributed by atoms with Gasteiger partial charge in [0.2, 0.25) is 0 Å². The number of methoxy groups -OCH3 is 1. The van der Waals surface area contributed by atoms with Gasteiger partial charge in [-0.05, 0) is 49.2 Å². The second-order valence-corrected chi connectivity index (χ2v) is 7.19. The van der Waals surface area contributed by atoms with E-state index < -0.39 is 0 Å². The molecule has 0 unspecified atom stereocenters. The topological polar surface area (TPSA) is 46.4 Å². The van der Waals surface area contributed by atoms with Crippen molar-refractivity contribution in [2.75, 3.05) is 38.2 Å². The summed E-state index contributed by atoms with van der Waals surface area (Å²) in [7, 11) is 1.69. The zero-order valence-electron chi connectivity index (χ0n) is 16.6. The highest BCUT2D eigenvalue weighted by Crippen LogP contribution is 2.21. The number of aromatic nitrogens is 3. The maximum absolute atomic E-state index is 5.27. The zero-order valence-corrected chi connectivity index (χ0v) is 16.6. The summed E-state index contributed by atoms with van der Waals surface area (Å²) >= 11 is 0. The number of anilines is 1. The number of benzene rings is 1. The van der Waals surface area contributed by atoms with Crippen LogP contribution in [0, 0.1) is 6.92 Å². The molecule has 1 aromatic carbocycles. The Morgan fingerprint density at radius 3 is 2.64 bits per heavy atom. The first kappa shape index (κ1) is 18.5. The van der Waals surface area contributed by atoms with Gasteiger partial charge in [0.05, 0.1) is 13.7 Å². The highest BCUT2D eigenvalue weighted by atomic mass is 16.5. The van der Waals surface area contributed by atoms with Crippen molar-refractivity contribution in [1.82, 2.24) is 19.4 Å². The first-order valence-electron chi connectivity index (χ1n) is 9.79. The smallest absolute Gasteiger partial charge is 0.127 e. The van der Waals surface area contributed by atoms with E-state index in [-0.39, 0.29) is 0 Å². The molecule has 0 aliphatic carbocycles. The van der Waals surface area contributed by atoms with E-state index in [1.165, 1.54) is 11.3 Å². The van der Waals surface area contributed by atoms with E-state index in [1.54, 1.807) is 7.11 Å². The Kier molecular flexibility index (Phi) is 5.58. The van der Waals surface area contributed by atoms with Gasteiger partial charge in [-0.25, -0.2) is 4.98 Å². The third-order valence-electron chi connectivity index (χ3n) is 5.35. The summed E-state index contributed by atoms with van der Waals surface area (Å²) in [6.07, 6.45) is 8.89. The van der Waals surface area contributed by atoms with Gasteiger partial charge in [-0.1, -0.05) is 0 Å². The Morgan fingerprint density at radius 1 is 1.00 bits per heavy atom. The van der Waals surface area contributed by atoms with Crippen molar-refractivity contribution in [3.05, 3.63) is 66.5 Å². The highest BCUT2D eigenvalue weighted by molar-refractivity contribution is 5.51. The molecule has 0 radical (unpaired) electrons. The molecule has 0 N–H and O–H groups in total. The predicted octanol–water partition coefficient (Wildman–Crippen LogP) is 3.30. The standard InChI is InChI=1S/C22H27N5O/c1-18-16-23-9-8-21(18)26-12-3-11-25(14-15-26)17-22-24-10-13-27(22)19-4-6-20(28-2)7-5-19/h4-10,13,16H,3,11-12,14-15,17H2,1-2H3. The van der Waals surface area contributed by atoms with Crippen LogP contribution >= 0.6 is 0 Å². The summed E-state index contributed by atoms with van der Waals surface area (Å²) in [5, 5.41) is 0. The van der Waals surface area contributed by atoms with Gasteiger partial charge in [-0.2, -0.15) is 0 Å². The van der Waals surface area contributed by atoms with Crippen LogP contribution in [0.2, 0.25) is 0 Å². The maximum atomic E-state index is 5.27. The fourth-order valence-electron chi connectivity index (χ4n) is 3.82. The number of hydrogen-bond donors (Lipinski definition) is 0. The van der Waals surface area contributed by atoms with Crippen molar-refractivity contribution in [2.24, 2.45) is 0 Å². The molecule has 1 fully saturated rings. The molecule has 1 aliphatic heterocycles. The van der Waals surface area contributed by atoms with Gasteiger partial charge in [-0.3, -0.25) is 9.88 Å². The summed E-state index contributed by atoms with van der Waals surface area (Å²) in [6, 6.07) is 10.2. The Morgan fingerprint density at radius 2 is 1.86 bits per heavy atom. The first-order chi connectivity index (χ1) is 13.7. The minimum Gasteiger partial charge on any atom is -0.497 e. The van der Waals surface area contributed by atoms with Crippen LogP contribution in [0.25, 0.3) is 5.69 Å². The van der Waals surface area contributed by atoms with E-state index in [1.807, 2.05) is 36.9 Å². The number of imidazole rings is 1. The Balaban J connectivity index is 1.44.